The van der Waals surface area contributed by atoms with Crippen LogP contribution in [-0.4, -0.2) is 76.8 Å². The van der Waals surface area contributed by atoms with E-state index in [2.05, 4.69) is 5.32 Å². The molecule has 0 amide bonds. The second kappa shape index (κ2) is 9.31. The number of sulfonamides is 2. The molecule has 0 bridgehead atoms. The van der Waals surface area contributed by atoms with Crippen molar-refractivity contribution in [2.24, 2.45) is 0 Å². The Morgan fingerprint density at radius 2 is 1.68 bits per heavy atom. The van der Waals surface area contributed by atoms with Gasteiger partial charge in [-0.1, -0.05) is 13.8 Å². The lowest BCUT2D eigenvalue weighted by Gasteiger charge is -2.33. The molecule has 1 aromatic rings. The number of carbonyl (C=O) groups excluding carboxylic acids is 1. The molecule has 0 spiro atoms. The number of carbonyl (C=O) groups is 1. The fraction of sp³-hybridized carbons (Fsp3) is 0.588. The Kier molecular flexibility index (Phi) is 7.57. The van der Waals surface area contributed by atoms with Crippen LogP contribution in [0.3, 0.4) is 0 Å². The molecule has 0 aromatic heterocycles. The van der Waals surface area contributed by atoms with Crippen molar-refractivity contribution in [3.63, 3.8) is 0 Å². The van der Waals surface area contributed by atoms with Crippen molar-refractivity contribution in [2.45, 2.75) is 36.6 Å². The fourth-order valence-corrected chi connectivity index (χ4v) is 6.08. The van der Waals surface area contributed by atoms with Crippen molar-refractivity contribution in [3.8, 4) is 0 Å². The van der Waals surface area contributed by atoms with Crippen molar-refractivity contribution in [1.82, 2.24) is 13.9 Å². The van der Waals surface area contributed by atoms with Crippen molar-refractivity contribution in [3.05, 3.63) is 24.3 Å². The smallest absolute Gasteiger partial charge is 0.325 e. The third-order valence-electron chi connectivity index (χ3n) is 4.53. The molecule has 0 aliphatic carbocycles. The van der Waals surface area contributed by atoms with Gasteiger partial charge >= 0.3 is 5.97 Å². The van der Waals surface area contributed by atoms with E-state index in [1.54, 1.807) is 20.8 Å². The predicted octanol–water partition coefficient (Wildman–Crippen LogP) is 0.243. The zero-order valence-corrected chi connectivity index (χ0v) is 17.9. The average molecular weight is 434 g/mol. The van der Waals surface area contributed by atoms with E-state index in [1.807, 2.05) is 0 Å². The standard InChI is InChI=1S/C17H27N3O6S2/c1-4-19(5-2)27(22,23)14-7-9-15(10-8-14)28(24,25)20-12-11-18-13-16(20)17(21)26-6-3/h7-10,16,18H,4-6,11-13H2,1-3H3. The minimum atomic E-state index is -3.98. The van der Waals surface area contributed by atoms with Gasteiger partial charge in [0, 0.05) is 32.7 Å². The summed E-state index contributed by atoms with van der Waals surface area (Å²) >= 11 is 0. The third kappa shape index (κ3) is 4.54. The summed E-state index contributed by atoms with van der Waals surface area (Å²) in [6, 6.07) is 4.12. The van der Waals surface area contributed by atoms with E-state index < -0.39 is 32.1 Å². The van der Waals surface area contributed by atoms with Crippen LogP contribution in [0.1, 0.15) is 20.8 Å². The van der Waals surface area contributed by atoms with Crippen LogP contribution in [0.15, 0.2) is 34.1 Å². The number of nitrogens with one attached hydrogen (secondary N) is 1. The molecule has 1 aromatic carbocycles. The molecule has 11 heteroatoms. The van der Waals surface area contributed by atoms with Gasteiger partial charge in [0.15, 0.2) is 0 Å². The van der Waals surface area contributed by atoms with E-state index in [-0.39, 0.29) is 29.5 Å². The summed E-state index contributed by atoms with van der Waals surface area (Å²) in [5.74, 6) is -0.612. The highest BCUT2D eigenvalue weighted by atomic mass is 32.2. The van der Waals surface area contributed by atoms with Gasteiger partial charge in [0.25, 0.3) is 0 Å². The van der Waals surface area contributed by atoms with Crippen molar-refractivity contribution >= 4 is 26.0 Å². The summed E-state index contributed by atoms with van der Waals surface area (Å²) in [6.45, 7) is 6.60. The van der Waals surface area contributed by atoms with Gasteiger partial charge < -0.3 is 10.1 Å². The molecule has 2 rings (SSSR count). The lowest BCUT2D eigenvalue weighted by atomic mass is 10.2. The van der Waals surface area contributed by atoms with Crippen molar-refractivity contribution in [2.75, 3.05) is 39.3 Å². The first-order valence-corrected chi connectivity index (χ1v) is 12.1. The summed E-state index contributed by atoms with van der Waals surface area (Å²) in [6.07, 6.45) is 0. The van der Waals surface area contributed by atoms with Crippen LogP contribution in [0, 0.1) is 0 Å². The van der Waals surface area contributed by atoms with Crippen LogP contribution in [0.2, 0.25) is 0 Å². The van der Waals surface area contributed by atoms with Crippen LogP contribution in [0.25, 0.3) is 0 Å². The van der Waals surface area contributed by atoms with E-state index >= 15 is 0 Å². The van der Waals surface area contributed by atoms with Gasteiger partial charge in [-0.2, -0.15) is 8.61 Å². The maximum atomic E-state index is 13.0. The average Bonchev–Trinajstić information content (AvgIpc) is 2.69. The van der Waals surface area contributed by atoms with Crippen LogP contribution < -0.4 is 5.32 Å². The Bertz CT molecular complexity index is 880. The number of hydrogen-bond acceptors (Lipinski definition) is 7. The Labute approximate surface area is 166 Å². The van der Waals surface area contributed by atoms with Gasteiger partial charge in [-0.15, -0.1) is 0 Å². The zero-order valence-electron chi connectivity index (χ0n) is 16.3. The molecule has 1 atom stereocenters. The summed E-state index contributed by atoms with van der Waals surface area (Å²) in [4.78, 5) is 12.1. The van der Waals surface area contributed by atoms with Gasteiger partial charge in [0.1, 0.15) is 6.04 Å². The van der Waals surface area contributed by atoms with Gasteiger partial charge in [-0.25, -0.2) is 16.8 Å². The van der Waals surface area contributed by atoms with E-state index in [0.717, 1.165) is 4.31 Å². The highest BCUT2D eigenvalue weighted by molar-refractivity contribution is 7.89. The van der Waals surface area contributed by atoms with Gasteiger partial charge in [0.2, 0.25) is 20.0 Å². The molecule has 0 radical (unpaired) electrons. The van der Waals surface area contributed by atoms with Crippen molar-refractivity contribution in [1.29, 1.82) is 0 Å². The second-order valence-electron chi connectivity index (χ2n) is 6.15. The summed E-state index contributed by atoms with van der Waals surface area (Å²) in [7, 11) is -7.66. The topological polar surface area (TPSA) is 113 Å². The summed E-state index contributed by atoms with van der Waals surface area (Å²) in [5.41, 5.74) is 0. The number of hydrogen-bond donors (Lipinski definition) is 1. The highest BCUT2D eigenvalue weighted by Crippen LogP contribution is 2.23. The Morgan fingerprint density at radius 3 is 2.21 bits per heavy atom. The number of ether oxygens (including phenoxy) is 1. The lowest BCUT2D eigenvalue weighted by molar-refractivity contribution is -0.148. The lowest BCUT2D eigenvalue weighted by Crippen LogP contribution is -2.57. The molecule has 158 valence electrons. The SMILES string of the molecule is CCOC(=O)C1CNCCN1S(=O)(=O)c1ccc(S(=O)(=O)N(CC)CC)cc1. The molecule has 9 nitrogen and oxygen atoms in total. The van der Waals surface area contributed by atoms with E-state index in [0.29, 0.717) is 19.6 Å². The Morgan fingerprint density at radius 1 is 1.11 bits per heavy atom. The molecule has 1 heterocycles. The molecule has 1 fully saturated rings. The highest BCUT2D eigenvalue weighted by Gasteiger charge is 2.38. The number of piperazine rings is 1. The minimum Gasteiger partial charge on any atom is -0.465 e. The van der Waals surface area contributed by atoms with Gasteiger partial charge in [-0.05, 0) is 31.2 Å². The maximum absolute atomic E-state index is 13.0. The molecule has 1 N–H and O–H groups in total. The quantitative estimate of drug-likeness (QED) is 0.585. The van der Waals surface area contributed by atoms with Gasteiger partial charge in [0.05, 0.1) is 16.4 Å². The Hall–Kier alpha value is -1.53. The first kappa shape index (κ1) is 22.8. The number of nitrogens with zero attached hydrogens (tertiary/aromatic N) is 2. The number of benzene rings is 1. The molecule has 28 heavy (non-hydrogen) atoms. The largest absolute Gasteiger partial charge is 0.465 e. The normalized spacial score (nSPS) is 18.9. The molecule has 1 saturated heterocycles. The summed E-state index contributed by atoms with van der Waals surface area (Å²) < 4.78 is 58.6. The molecular weight excluding hydrogens is 406 g/mol. The first-order valence-electron chi connectivity index (χ1n) is 9.19. The summed E-state index contributed by atoms with van der Waals surface area (Å²) in [5, 5.41) is 2.99. The second-order valence-corrected chi connectivity index (χ2v) is 9.98. The minimum absolute atomic E-state index is 0.0254. The molecular formula is C17H27N3O6S2. The third-order valence-corrected chi connectivity index (χ3v) is 8.51. The Balaban J connectivity index is 2.34. The molecule has 0 saturated carbocycles. The van der Waals surface area contributed by atoms with Crippen molar-refractivity contribution < 1.29 is 26.4 Å². The maximum Gasteiger partial charge on any atom is 0.325 e. The monoisotopic (exact) mass is 433 g/mol. The van der Waals surface area contributed by atoms with Gasteiger partial charge in [-0.3, -0.25) is 4.79 Å². The fourth-order valence-electron chi connectivity index (χ4n) is 3.04. The van der Waals surface area contributed by atoms with Crippen LogP contribution >= 0.6 is 0 Å². The molecule has 1 unspecified atom stereocenters. The van der Waals surface area contributed by atoms with Crippen LogP contribution in [0.5, 0.6) is 0 Å². The van der Waals surface area contributed by atoms with E-state index in [1.165, 1.54) is 28.6 Å². The van der Waals surface area contributed by atoms with Crippen LogP contribution in [0.4, 0.5) is 0 Å². The predicted molar refractivity (Wildman–Crippen MR) is 104 cm³/mol. The van der Waals surface area contributed by atoms with E-state index in [4.69, 9.17) is 4.74 Å². The van der Waals surface area contributed by atoms with Crippen LogP contribution in [-0.2, 0) is 29.6 Å². The zero-order chi connectivity index (χ0) is 20.9. The molecule has 1 aliphatic rings. The molecule has 1 aliphatic heterocycles. The number of rotatable bonds is 8. The first-order chi connectivity index (χ1) is 13.2. The van der Waals surface area contributed by atoms with E-state index in [9.17, 15) is 21.6 Å². The number of esters is 1.